The zero-order valence-electron chi connectivity index (χ0n) is 16.1. The standard InChI is InChI=1S/C21H32N2O3/c1-15-6-7-17(19(11-15)26-14-16-8-10-25-13-16)12-23-20(24)18-5-3-4-9-21(18,2)22/h6-7,11,16,18H,3-5,8-10,12-14,22H2,1-2H3,(H,23,24). The first-order valence-corrected chi connectivity index (χ1v) is 9.82. The first-order valence-electron chi connectivity index (χ1n) is 9.82. The number of rotatable bonds is 6. The number of nitrogens with two attached hydrogens (primary N) is 1. The Morgan fingerprint density at radius 2 is 2.23 bits per heavy atom. The van der Waals surface area contributed by atoms with Crippen molar-refractivity contribution in [2.75, 3.05) is 19.8 Å². The van der Waals surface area contributed by atoms with E-state index in [2.05, 4.69) is 18.3 Å². The average Bonchev–Trinajstić information content (AvgIpc) is 3.12. The Hall–Kier alpha value is -1.59. The minimum absolute atomic E-state index is 0.0606. The number of aryl methyl sites for hydroxylation is 1. The van der Waals surface area contributed by atoms with E-state index in [9.17, 15) is 4.79 Å². The summed E-state index contributed by atoms with van der Waals surface area (Å²) in [5.41, 5.74) is 8.12. The first kappa shape index (κ1) is 19.2. The van der Waals surface area contributed by atoms with Crippen molar-refractivity contribution in [3.63, 3.8) is 0 Å². The zero-order valence-corrected chi connectivity index (χ0v) is 16.1. The van der Waals surface area contributed by atoms with Crippen LogP contribution in [-0.4, -0.2) is 31.3 Å². The molecule has 0 radical (unpaired) electrons. The molecule has 1 amide bonds. The zero-order chi connectivity index (χ0) is 18.6. The Bertz CT molecular complexity index is 624. The van der Waals surface area contributed by atoms with Crippen molar-refractivity contribution in [3.05, 3.63) is 29.3 Å². The molecule has 2 fully saturated rings. The SMILES string of the molecule is Cc1ccc(CNC(=O)C2CCCCC2(C)N)c(OCC2CCOC2)c1. The molecule has 1 saturated heterocycles. The molecule has 1 aromatic carbocycles. The highest BCUT2D eigenvalue weighted by atomic mass is 16.5. The quantitative estimate of drug-likeness (QED) is 0.818. The van der Waals surface area contributed by atoms with Gasteiger partial charge in [-0.25, -0.2) is 0 Å². The van der Waals surface area contributed by atoms with Gasteiger partial charge in [-0.1, -0.05) is 25.0 Å². The van der Waals surface area contributed by atoms with E-state index in [-0.39, 0.29) is 11.8 Å². The third-order valence-electron chi connectivity index (χ3n) is 5.75. The van der Waals surface area contributed by atoms with Gasteiger partial charge in [0.05, 0.1) is 19.1 Å². The minimum Gasteiger partial charge on any atom is -0.493 e. The number of ether oxygens (including phenoxy) is 2. The molecule has 0 bridgehead atoms. The van der Waals surface area contributed by atoms with Crippen molar-refractivity contribution in [2.24, 2.45) is 17.6 Å². The van der Waals surface area contributed by atoms with Gasteiger partial charge in [-0.15, -0.1) is 0 Å². The number of nitrogens with one attached hydrogen (secondary N) is 1. The number of carbonyl (C=O) groups is 1. The van der Waals surface area contributed by atoms with Gasteiger partial charge in [-0.2, -0.15) is 0 Å². The predicted octanol–water partition coefficient (Wildman–Crippen LogP) is 2.93. The average molecular weight is 360 g/mol. The Morgan fingerprint density at radius 1 is 1.38 bits per heavy atom. The van der Waals surface area contributed by atoms with Crippen LogP contribution in [0.1, 0.15) is 50.2 Å². The van der Waals surface area contributed by atoms with Crippen LogP contribution in [-0.2, 0) is 16.1 Å². The number of carbonyl (C=O) groups excluding carboxylic acids is 1. The van der Waals surface area contributed by atoms with Crippen LogP contribution in [0.5, 0.6) is 5.75 Å². The molecule has 2 aliphatic rings. The number of benzene rings is 1. The normalized spacial score (nSPS) is 28.7. The monoisotopic (exact) mass is 360 g/mol. The third-order valence-corrected chi connectivity index (χ3v) is 5.75. The van der Waals surface area contributed by atoms with Gasteiger partial charge in [0.2, 0.25) is 5.91 Å². The maximum Gasteiger partial charge on any atom is 0.225 e. The molecule has 3 rings (SSSR count). The second-order valence-corrected chi connectivity index (χ2v) is 8.17. The molecular weight excluding hydrogens is 328 g/mol. The molecule has 1 aliphatic carbocycles. The summed E-state index contributed by atoms with van der Waals surface area (Å²) in [6.07, 6.45) is 5.02. The Kier molecular flexibility index (Phi) is 6.20. The second kappa shape index (κ2) is 8.40. The summed E-state index contributed by atoms with van der Waals surface area (Å²) in [6, 6.07) is 6.14. The molecule has 1 saturated carbocycles. The van der Waals surface area contributed by atoms with E-state index < -0.39 is 5.54 Å². The highest BCUT2D eigenvalue weighted by Gasteiger charge is 2.37. The molecule has 3 unspecified atom stereocenters. The van der Waals surface area contributed by atoms with E-state index in [0.29, 0.717) is 19.1 Å². The van der Waals surface area contributed by atoms with Crippen LogP contribution in [0.4, 0.5) is 0 Å². The fraction of sp³-hybridized carbons (Fsp3) is 0.667. The highest BCUT2D eigenvalue weighted by Crippen LogP contribution is 2.32. The summed E-state index contributed by atoms with van der Waals surface area (Å²) in [5.74, 6) is 1.27. The van der Waals surface area contributed by atoms with Gasteiger partial charge in [0.15, 0.2) is 0 Å². The van der Waals surface area contributed by atoms with Gasteiger partial charge in [0.1, 0.15) is 5.75 Å². The molecule has 1 aliphatic heterocycles. The van der Waals surface area contributed by atoms with Crippen molar-refractivity contribution >= 4 is 5.91 Å². The Balaban J connectivity index is 1.60. The van der Waals surface area contributed by atoms with E-state index in [1.165, 1.54) is 0 Å². The molecule has 3 atom stereocenters. The molecule has 26 heavy (non-hydrogen) atoms. The third kappa shape index (κ3) is 4.77. The summed E-state index contributed by atoms with van der Waals surface area (Å²) in [6.45, 7) is 6.78. The van der Waals surface area contributed by atoms with Crippen molar-refractivity contribution in [2.45, 2.75) is 58.0 Å². The Morgan fingerprint density at radius 3 is 2.96 bits per heavy atom. The van der Waals surface area contributed by atoms with Crippen molar-refractivity contribution in [1.82, 2.24) is 5.32 Å². The molecule has 0 aromatic heterocycles. The summed E-state index contributed by atoms with van der Waals surface area (Å²) >= 11 is 0. The molecule has 144 valence electrons. The fourth-order valence-corrected chi connectivity index (χ4v) is 3.96. The van der Waals surface area contributed by atoms with E-state index in [0.717, 1.165) is 62.2 Å². The first-order chi connectivity index (χ1) is 12.5. The lowest BCUT2D eigenvalue weighted by atomic mass is 9.74. The maximum atomic E-state index is 12.7. The highest BCUT2D eigenvalue weighted by molar-refractivity contribution is 5.80. The van der Waals surface area contributed by atoms with Crippen LogP contribution in [0.3, 0.4) is 0 Å². The molecule has 5 nitrogen and oxygen atoms in total. The van der Waals surface area contributed by atoms with Gasteiger partial charge in [0, 0.05) is 30.2 Å². The summed E-state index contributed by atoms with van der Waals surface area (Å²) in [7, 11) is 0. The smallest absolute Gasteiger partial charge is 0.225 e. The van der Waals surface area contributed by atoms with Crippen LogP contribution in [0.2, 0.25) is 0 Å². The van der Waals surface area contributed by atoms with Crippen molar-refractivity contribution in [1.29, 1.82) is 0 Å². The number of amides is 1. The molecule has 0 spiro atoms. The van der Waals surface area contributed by atoms with Crippen LogP contribution in [0, 0.1) is 18.8 Å². The van der Waals surface area contributed by atoms with E-state index >= 15 is 0 Å². The van der Waals surface area contributed by atoms with Crippen LogP contribution in [0.15, 0.2) is 18.2 Å². The lowest BCUT2D eigenvalue weighted by molar-refractivity contribution is -0.128. The van der Waals surface area contributed by atoms with Crippen molar-refractivity contribution in [3.8, 4) is 5.75 Å². The van der Waals surface area contributed by atoms with Gasteiger partial charge in [0.25, 0.3) is 0 Å². The van der Waals surface area contributed by atoms with Crippen LogP contribution < -0.4 is 15.8 Å². The van der Waals surface area contributed by atoms with Gasteiger partial charge in [-0.05, 0) is 44.7 Å². The predicted molar refractivity (Wildman–Crippen MR) is 102 cm³/mol. The summed E-state index contributed by atoms with van der Waals surface area (Å²) < 4.78 is 11.5. The van der Waals surface area contributed by atoms with Crippen LogP contribution in [0.25, 0.3) is 0 Å². The number of hydrogen-bond acceptors (Lipinski definition) is 4. The largest absolute Gasteiger partial charge is 0.493 e. The minimum atomic E-state index is -0.405. The fourth-order valence-electron chi connectivity index (χ4n) is 3.96. The maximum absolute atomic E-state index is 12.7. The summed E-state index contributed by atoms with van der Waals surface area (Å²) in [5, 5.41) is 3.09. The van der Waals surface area contributed by atoms with Gasteiger partial charge >= 0.3 is 0 Å². The summed E-state index contributed by atoms with van der Waals surface area (Å²) in [4.78, 5) is 12.7. The van der Waals surface area contributed by atoms with E-state index in [1.54, 1.807) is 0 Å². The molecule has 1 aromatic rings. The molecule has 3 N–H and O–H groups in total. The van der Waals surface area contributed by atoms with Gasteiger partial charge < -0.3 is 20.5 Å². The van der Waals surface area contributed by atoms with Crippen molar-refractivity contribution < 1.29 is 14.3 Å². The van der Waals surface area contributed by atoms with Gasteiger partial charge in [-0.3, -0.25) is 4.79 Å². The lowest BCUT2D eigenvalue weighted by Crippen LogP contribution is -2.52. The molecule has 1 heterocycles. The molecule has 5 heteroatoms. The van der Waals surface area contributed by atoms with E-state index in [1.807, 2.05) is 19.1 Å². The Labute approximate surface area is 156 Å². The second-order valence-electron chi connectivity index (χ2n) is 8.17. The van der Waals surface area contributed by atoms with Crippen LogP contribution >= 0.6 is 0 Å². The molecular formula is C21H32N2O3. The topological polar surface area (TPSA) is 73.6 Å². The van der Waals surface area contributed by atoms with E-state index in [4.69, 9.17) is 15.2 Å². The number of hydrogen-bond donors (Lipinski definition) is 2. The lowest BCUT2D eigenvalue weighted by Gasteiger charge is -2.37.